The average molecular weight is 176 g/mol. The number of halogens is 1. The second kappa shape index (κ2) is 3.30. The maximum Gasteiger partial charge on any atom is 0.154 e. The molecule has 0 aromatic rings. The van der Waals surface area contributed by atoms with E-state index in [2.05, 4.69) is 0 Å². The summed E-state index contributed by atoms with van der Waals surface area (Å²) in [5.74, 6) is 0. The molecule has 1 fully saturated rings. The van der Waals surface area contributed by atoms with Gasteiger partial charge in [0.2, 0.25) is 0 Å². The van der Waals surface area contributed by atoms with Gasteiger partial charge in [-0.05, 0) is 20.8 Å². The van der Waals surface area contributed by atoms with Crippen LogP contribution < -0.4 is 0 Å². The van der Waals surface area contributed by atoms with Gasteiger partial charge in [-0.1, -0.05) is 0 Å². The van der Waals surface area contributed by atoms with E-state index < -0.39 is 11.8 Å². The second-order valence-electron chi connectivity index (χ2n) is 3.77. The molecule has 0 aliphatic carbocycles. The van der Waals surface area contributed by atoms with Crippen molar-refractivity contribution in [3.8, 4) is 0 Å². The molecule has 1 heterocycles. The Morgan fingerprint density at radius 2 is 2.08 bits per heavy atom. The van der Waals surface area contributed by atoms with E-state index in [-0.39, 0.29) is 12.2 Å². The average Bonchev–Trinajstić information content (AvgIpc) is 2.00. The minimum atomic E-state index is -1.03. The van der Waals surface area contributed by atoms with E-state index in [0.29, 0.717) is 6.42 Å². The van der Waals surface area contributed by atoms with Gasteiger partial charge in [0.1, 0.15) is 5.60 Å². The highest BCUT2D eigenvalue weighted by atomic mass is 19.1. The van der Waals surface area contributed by atoms with Gasteiger partial charge in [-0.15, -0.1) is 0 Å². The molecule has 3 heteroatoms. The van der Waals surface area contributed by atoms with E-state index in [0.717, 1.165) is 0 Å². The Bertz CT molecular complexity index is 163. The number of hydrogen-bond acceptors (Lipinski definition) is 2. The molecule has 1 rings (SSSR count). The summed E-state index contributed by atoms with van der Waals surface area (Å²) in [7, 11) is 1.55. The van der Waals surface area contributed by atoms with Crippen molar-refractivity contribution in [1.82, 2.24) is 0 Å². The van der Waals surface area contributed by atoms with Gasteiger partial charge in [-0.25, -0.2) is 4.39 Å². The van der Waals surface area contributed by atoms with Crippen LogP contribution in [-0.2, 0) is 9.47 Å². The van der Waals surface area contributed by atoms with Crippen LogP contribution in [0.15, 0.2) is 0 Å². The maximum atomic E-state index is 13.5. The highest BCUT2D eigenvalue weighted by Crippen LogP contribution is 2.33. The van der Waals surface area contributed by atoms with Gasteiger partial charge < -0.3 is 9.47 Å². The smallest absolute Gasteiger partial charge is 0.154 e. The van der Waals surface area contributed by atoms with E-state index in [4.69, 9.17) is 9.47 Å². The van der Waals surface area contributed by atoms with Crippen molar-refractivity contribution >= 4 is 0 Å². The van der Waals surface area contributed by atoms with E-state index in [9.17, 15) is 4.39 Å². The SMILES string of the molecule is CO[C@]1(C)CC(C)O[C@@H](C)[C@H]1F. The number of methoxy groups -OCH3 is 1. The normalized spacial score (nSPS) is 49.2. The molecule has 0 N–H and O–H groups in total. The molecule has 0 bridgehead atoms. The predicted molar refractivity (Wildman–Crippen MR) is 44.9 cm³/mol. The van der Waals surface area contributed by atoms with Gasteiger partial charge >= 0.3 is 0 Å². The first-order valence-corrected chi connectivity index (χ1v) is 4.34. The molecule has 1 unspecified atom stereocenters. The lowest BCUT2D eigenvalue weighted by atomic mass is 9.87. The number of ether oxygens (including phenoxy) is 2. The summed E-state index contributed by atoms with van der Waals surface area (Å²) < 4.78 is 24.1. The molecule has 72 valence electrons. The first kappa shape index (κ1) is 9.93. The molecule has 1 aliphatic rings. The molecule has 12 heavy (non-hydrogen) atoms. The summed E-state index contributed by atoms with van der Waals surface area (Å²) >= 11 is 0. The fraction of sp³-hybridized carbons (Fsp3) is 1.00. The lowest BCUT2D eigenvalue weighted by molar-refractivity contribution is -0.186. The van der Waals surface area contributed by atoms with Gasteiger partial charge in [-0.2, -0.15) is 0 Å². The molecule has 0 aromatic carbocycles. The standard InChI is InChI=1S/C9H17FO2/c1-6-5-9(3,11-4)8(10)7(2)12-6/h6-8H,5H2,1-4H3/t6?,7-,8+,9+/m0/s1. The van der Waals surface area contributed by atoms with Crippen molar-refractivity contribution < 1.29 is 13.9 Å². The highest BCUT2D eigenvalue weighted by molar-refractivity contribution is 4.93. The van der Waals surface area contributed by atoms with Gasteiger partial charge in [0, 0.05) is 13.5 Å². The summed E-state index contributed by atoms with van der Waals surface area (Å²) in [6, 6.07) is 0. The first-order valence-electron chi connectivity index (χ1n) is 4.34. The van der Waals surface area contributed by atoms with E-state index in [1.807, 2.05) is 6.92 Å². The zero-order chi connectivity index (χ0) is 9.35. The van der Waals surface area contributed by atoms with Crippen molar-refractivity contribution in [2.45, 2.75) is 51.2 Å². The van der Waals surface area contributed by atoms with Crippen LogP contribution in [0.2, 0.25) is 0 Å². The zero-order valence-corrected chi connectivity index (χ0v) is 8.13. The zero-order valence-electron chi connectivity index (χ0n) is 8.13. The molecular formula is C9H17FO2. The largest absolute Gasteiger partial charge is 0.375 e. The molecule has 1 saturated heterocycles. The number of hydrogen-bond donors (Lipinski definition) is 0. The lowest BCUT2D eigenvalue weighted by Crippen LogP contribution is -2.52. The fourth-order valence-corrected chi connectivity index (χ4v) is 1.86. The number of rotatable bonds is 1. The van der Waals surface area contributed by atoms with Crippen LogP contribution >= 0.6 is 0 Å². The molecule has 0 saturated carbocycles. The fourth-order valence-electron chi connectivity index (χ4n) is 1.86. The van der Waals surface area contributed by atoms with Crippen molar-refractivity contribution in [3.63, 3.8) is 0 Å². The van der Waals surface area contributed by atoms with E-state index in [1.165, 1.54) is 0 Å². The van der Waals surface area contributed by atoms with Gasteiger partial charge in [-0.3, -0.25) is 0 Å². The molecule has 1 aliphatic heterocycles. The topological polar surface area (TPSA) is 18.5 Å². The Labute approximate surface area is 73.0 Å². The minimum Gasteiger partial charge on any atom is -0.375 e. The summed E-state index contributed by atoms with van der Waals surface area (Å²) in [4.78, 5) is 0. The first-order chi connectivity index (χ1) is 5.49. The monoisotopic (exact) mass is 176 g/mol. The van der Waals surface area contributed by atoms with Crippen LogP contribution in [0, 0.1) is 0 Å². The Morgan fingerprint density at radius 3 is 2.58 bits per heavy atom. The molecule has 0 aromatic heterocycles. The third-order valence-corrected chi connectivity index (χ3v) is 2.60. The van der Waals surface area contributed by atoms with Crippen LogP contribution in [-0.4, -0.2) is 31.1 Å². The molecule has 4 atom stereocenters. The molecule has 0 radical (unpaired) electrons. The number of alkyl halides is 1. The van der Waals surface area contributed by atoms with Crippen LogP contribution in [0.1, 0.15) is 27.2 Å². The molecule has 2 nitrogen and oxygen atoms in total. The van der Waals surface area contributed by atoms with Crippen LogP contribution in [0.5, 0.6) is 0 Å². The van der Waals surface area contributed by atoms with Gasteiger partial charge in [0.05, 0.1) is 12.2 Å². The Balaban J connectivity index is 2.72. The van der Waals surface area contributed by atoms with E-state index in [1.54, 1.807) is 21.0 Å². The van der Waals surface area contributed by atoms with Crippen molar-refractivity contribution in [1.29, 1.82) is 0 Å². The highest BCUT2D eigenvalue weighted by Gasteiger charge is 2.44. The van der Waals surface area contributed by atoms with Crippen molar-refractivity contribution in [2.75, 3.05) is 7.11 Å². The predicted octanol–water partition coefficient (Wildman–Crippen LogP) is 1.93. The maximum absolute atomic E-state index is 13.5. The third kappa shape index (κ3) is 1.62. The molecular weight excluding hydrogens is 159 g/mol. The van der Waals surface area contributed by atoms with E-state index >= 15 is 0 Å². The summed E-state index contributed by atoms with van der Waals surface area (Å²) in [6.07, 6.45) is -0.691. The van der Waals surface area contributed by atoms with Crippen molar-refractivity contribution in [3.05, 3.63) is 0 Å². The van der Waals surface area contributed by atoms with Crippen LogP contribution in [0.4, 0.5) is 4.39 Å². The van der Waals surface area contributed by atoms with Crippen LogP contribution in [0.25, 0.3) is 0 Å². The third-order valence-electron chi connectivity index (χ3n) is 2.60. The quantitative estimate of drug-likeness (QED) is 0.607. The Morgan fingerprint density at radius 1 is 1.50 bits per heavy atom. The molecule has 0 spiro atoms. The molecule has 0 amide bonds. The summed E-state index contributed by atoms with van der Waals surface area (Å²) in [5.41, 5.74) is -0.670. The minimum absolute atomic E-state index is 0.0805. The lowest BCUT2D eigenvalue weighted by Gasteiger charge is -2.42. The van der Waals surface area contributed by atoms with Gasteiger partial charge in [0.25, 0.3) is 0 Å². The van der Waals surface area contributed by atoms with Crippen LogP contribution in [0.3, 0.4) is 0 Å². The summed E-state index contributed by atoms with van der Waals surface area (Å²) in [5, 5.41) is 0. The summed E-state index contributed by atoms with van der Waals surface area (Å²) in [6.45, 7) is 5.49. The van der Waals surface area contributed by atoms with Crippen molar-refractivity contribution in [2.24, 2.45) is 0 Å². The Kier molecular flexibility index (Phi) is 2.74. The Hall–Kier alpha value is -0.150. The van der Waals surface area contributed by atoms with Gasteiger partial charge in [0.15, 0.2) is 6.17 Å². The second-order valence-corrected chi connectivity index (χ2v) is 3.77.